The van der Waals surface area contributed by atoms with Gasteiger partial charge in [0.2, 0.25) is 11.2 Å². The Balaban J connectivity index is 2.46. The minimum atomic E-state index is -0.122. The lowest BCUT2D eigenvalue weighted by atomic mass is 9.99. The van der Waals surface area contributed by atoms with Gasteiger partial charge in [0, 0.05) is 5.56 Å². The SMILES string of the molecule is COc1c(-c2ccccc2)oc2cc(C)c(C)c(C)c2c1=O. The Morgan fingerprint density at radius 1 is 1.00 bits per heavy atom. The second kappa shape index (κ2) is 5.34. The van der Waals surface area contributed by atoms with Gasteiger partial charge in [0.15, 0.2) is 5.76 Å². The van der Waals surface area contributed by atoms with Crippen molar-refractivity contribution in [1.29, 1.82) is 0 Å². The van der Waals surface area contributed by atoms with Crippen molar-refractivity contribution < 1.29 is 9.15 Å². The molecule has 0 aliphatic rings. The molecule has 0 aliphatic carbocycles. The summed E-state index contributed by atoms with van der Waals surface area (Å²) in [7, 11) is 1.50. The molecule has 0 spiro atoms. The maximum absolute atomic E-state index is 12.9. The van der Waals surface area contributed by atoms with E-state index in [1.807, 2.05) is 57.2 Å². The van der Waals surface area contributed by atoms with Gasteiger partial charge in [-0.15, -0.1) is 0 Å². The van der Waals surface area contributed by atoms with Gasteiger partial charge in [-0.1, -0.05) is 30.3 Å². The van der Waals surface area contributed by atoms with Crippen molar-refractivity contribution in [2.45, 2.75) is 20.8 Å². The molecule has 1 heterocycles. The summed E-state index contributed by atoms with van der Waals surface area (Å²) in [4.78, 5) is 12.9. The predicted molar refractivity (Wildman–Crippen MR) is 88.7 cm³/mol. The van der Waals surface area contributed by atoms with Gasteiger partial charge >= 0.3 is 0 Å². The molecule has 3 aromatic rings. The summed E-state index contributed by atoms with van der Waals surface area (Å²) in [5.74, 6) is 0.730. The number of rotatable bonds is 2. The average Bonchev–Trinajstić information content (AvgIpc) is 2.53. The quantitative estimate of drug-likeness (QED) is 0.703. The molecule has 0 fully saturated rings. The van der Waals surface area contributed by atoms with Crippen LogP contribution in [-0.4, -0.2) is 7.11 Å². The minimum Gasteiger partial charge on any atom is -0.490 e. The second-order valence-electron chi connectivity index (χ2n) is 5.48. The van der Waals surface area contributed by atoms with Crippen molar-refractivity contribution >= 4 is 11.0 Å². The summed E-state index contributed by atoms with van der Waals surface area (Å²) >= 11 is 0. The Labute approximate surface area is 129 Å². The molecule has 0 bridgehead atoms. The Morgan fingerprint density at radius 3 is 2.32 bits per heavy atom. The predicted octanol–water partition coefficient (Wildman–Crippen LogP) is 4.39. The highest BCUT2D eigenvalue weighted by molar-refractivity contribution is 5.86. The smallest absolute Gasteiger partial charge is 0.235 e. The van der Waals surface area contributed by atoms with E-state index in [0.29, 0.717) is 16.7 Å². The van der Waals surface area contributed by atoms with Gasteiger partial charge in [0.1, 0.15) is 5.58 Å². The zero-order chi connectivity index (χ0) is 15.9. The monoisotopic (exact) mass is 294 g/mol. The van der Waals surface area contributed by atoms with E-state index in [1.54, 1.807) is 0 Å². The Kier molecular flexibility index (Phi) is 3.49. The maximum Gasteiger partial charge on any atom is 0.235 e. The molecular formula is C19H18O3. The zero-order valence-electron chi connectivity index (χ0n) is 13.2. The third-order valence-corrected chi connectivity index (χ3v) is 4.21. The highest BCUT2D eigenvalue weighted by Gasteiger charge is 2.19. The number of ether oxygens (including phenoxy) is 1. The molecule has 3 rings (SSSR count). The molecule has 0 saturated heterocycles. The summed E-state index contributed by atoms with van der Waals surface area (Å²) in [5, 5.41) is 0.597. The first kappa shape index (κ1) is 14.4. The lowest BCUT2D eigenvalue weighted by Crippen LogP contribution is -2.10. The van der Waals surface area contributed by atoms with E-state index in [1.165, 1.54) is 7.11 Å². The molecule has 0 unspecified atom stereocenters. The van der Waals surface area contributed by atoms with Crippen molar-refractivity contribution in [3.8, 4) is 17.1 Å². The molecule has 2 aromatic carbocycles. The normalized spacial score (nSPS) is 10.9. The van der Waals surface area contributed by atoms with Crippen LogP contribution in [-0.2, 0) is 0 Å². The van der Waals surface area contributed by atoms with Crippen LogP contribution in [0, 0.1) is 20.8 Å². The van der Waals surface area contributed by atoms with Gasteiger partial charge in [0.25, 0.3) is 0 Å². The molecule has 0 aliphatic heterocycles. The number of methoxy groups -OCH3 is 1. The fourth-order valence-corrected chi connectivity index (χ4v) is 2.75. The maximum atomic E-state index is 12.9. The molecule has 0 atom stereocenters. The lowest BCUT2D eigenvalue weighted by Gasteiger charge is -2.13. The molecule has 0 amide bonds. The van der Waals surface area contributed by atoms with Crippen molar-refractivity contribution in [2.24, 2.45) is 0 Å². The highest BCUT2D eigenvalue weighted by Crippen LogP contribution is 2.32. The van der Waals surface area contributed by atoms with Crippen LogP contribution in [0.15, 0.2) is 45.6 Å². The summed E-state index contributed by atoms with van der Waals surface area (Å²) in [6.07, 6.45) is 0. The second-order valence-corrected chi connectivity index (χ2v) is 5.48. The van der Waals surface area contributed by atoms with Gasteiger partial charge in [0.05, 0.1) is 12.5 Å². The number of hydrogen-bond acceptors (Lipinski definition) is 3. The lowest BCUT2D eigenvalue weighted by molar-refractivity contribution is 0.398. The molecule has 0 N–H and O–H groups in total. The van der Waals surface area contributed by atoms with Gasteiger partial charge in [-0.05, 0) is 43.5 Å². The van der Waals surface area contributed by atoms with E-state index in [9.17, 15) is 4.79 Å². The van der Waals surface area contributed by atoms with E-state index in [2.05, 4.69) is 0 Å². The third-order valence-electron chi connectivity index (χ3n) is 4.21. The molecule has 3 heteroatoms. The molecule has 22 heavy (non-hydrogen) atoms. The van der Waals surface area contributed by atoms with E-state index in [0.717, 1.165) is 22.3 Å². The van der Waals surface area contributed by atoms with Crippen LogP contribution in [0.3, 0.4) is 0 Å². The fraction of sp³-hybridized carbons (Fsp3) is 0.211. The first-order valence-electron chi connectivity index (χ1n) is 7.21. The Bertz CT molecular complexity index is 906. The number of hydrogen-bond donors (Lipinski definition) is 0. The van der Waals surface area contributed by atoms with E-state index in [-0.39, 0.29) is 11.2 Å². The van der Waals surface area contributed by atoms with E-state index < -0.39 is 0 Å². The van der Waals surface area contributed by atoms with Crippen LogP contribution in [0.2, 0.25) is 0 Å². The van der Waals surface area contributed by atoms with Crippen molar-refractivity contribution in [3.05, 3.63) is 63.3 Å². The van der Waals surface area contributed by atoms with Crippen molar-refractivity contribution in [2.75, 3.05) is 7.11 Å². The van der Waals surface area contributed by atoms with Crippen LogP contribution in [0.4, 0.5) is 0 Å². The first-order chi connectivity index (χ1) is 10.5. The van der Waals surface area contributed by atoms with Gasteiger partial charge in [-0.25, -0.2) is 0 Å². The minimum absolute atomic E-state index is 0.122. The highest BCUT2D eigenvalue weighted by atomic mass is 16.5. The van der Waals surface area contributed by atoms with Gasteiger partial charge in [-0.3, -0.25) is 4.79 Å². The van der Waals surface area contributed by atoms with Crippen molar-refractivity contribution in [3.63, 3.8) is 0 Å². The van der Waals surface area contributed by atoms with Crippen LogP contribution in [0.5, 0.6) is 5.75 Å². The topological polar surface area (TPSA) is 39.4 Å². The third kappa shape index (κ3) is 2.10. The summed E-state index contributed by atoms with van der Waals surface area (Å²) < 4.78 is 11.4. The zero-order valence-corrected chi connectivity index (χ0v) is 13.2. The van der Waals surface area contributed by atoms with Crippen LogP contribution < -0.4 is 10.2 Å². The van der Waals surface area contributed by atoms with E-state index in [4.69, 9.17) is 9.15 Å². The molecule has 0 saturated carbocycles. The van der Waals surface area contributed by atoms with Gasteiger partial charge < -0.3 is 9.15 Å². The van der Waals surface area contributed by atoms with Crippen LogP contribution in [0.1, 0.15) is 16.7 Å². The molecule has 0 radical (unpaired) electrons. The van der Waals surface area contributed by atoms with Crippen LogP contribution >= 0.6 is 0 Å². The first-order valence-corrected chi connectivity index (χ1v) is 7.21. The summed E-state index contributed by atoms with van der Waals surface area (Å²) in [6, 6.07) is 11.5. The molecule has 3 nitrogen and oxygen atoms in total. The summed E-state index contributed by atoms with van der Waals surface area (Å²) in [6.45, 7) is 5.98. The molecular weight excluding hydrogens is 276 g/mol. The standard InChI is InChI=1S/C19H18O3/c1-11-10-15-16(13(3)12(11)2)17(20)19(21-4)18(22-15)14-8-6-5-7-9-14/h5-10H,1-4H3. The summed E-state index contributed by atoms with van der Waals surface area (Å²) in [5.41, 5.74) is 4.47. The molecule has 112 valence electrons. The number of fused-ring (bicyclic) bond motifs is 1. The average molecular weight is 294 g/mol. The Morgan fingerprint density at radius 2 is 1.68 bits per heavy atom. The fourth-order valence-electron chi connectivity index (χ4n) is 2.75. The molecule has 1 aromatic heterocycles. The number of aryl methyl sites for hydroxylation is 2. The van der Waals surface area contributed by atoms with E-state index >= 15 is 0 Å². The largest absolute Gasteiger partial charge is 0.490 e. The number of benzene rings is 2. The van der Waals surface area contributed by atoms with Crippen LogP contribution in [0.25, 0.3) is 22.3 Å². The van der Waals surface area contributed by atoms with Gasteiger partial charge in [-0.2, -0.15) is 0 Å². The van der Waals surface area contributed by atoms with Crippen molar-refractivity contribution in [1.82, 2.24) is 0 Å². The Hall–Kier alpha value is -2.55.